The number of carbonyl (C=O) groups excluding carboxylic acids is 1. The Morgan fingerprint density at radius 2 is 2.00 bits per heavy atom. The number of carbonyl (C=O) groups is 1. The zero-order valence-electron chi connectivity index (χ0n) is 7.73. The van der Waals surface area contributed by atoms with E-state index in [0.29, 0.717) is 6.54 Å². The van der Waals surface area contributed by atoms with E-state index in [-0.39, 0.29) is 0 Å². The number of benzene rings is 1. The van der Waals surface area contributed by atoms with Gasteiger partial charge in [0.05, 0.1) is 0 Å². The number of amides is 1. The van der Waals surface area contributed by atoms with Gasteiger partial charge in [0.15, 0.2) is 0 Å². The van der Waals surface area contributed by atoms with Gasteiger partial charge in [-0.3, -0.25) is 4.79 Å². The molecule has 0 atom stereocenters. The summed E-state index contributed by atoms with van der Waals surface area (Å²) >= 11 is 0. The molecular weight excluding hydrogens is 162 g/mol. The van der Waals surface area contributed by atoms with Gasteiger partial charge in [0, 0.05) is 13.6 Å². The number of rotatable bonds is 4. The summed E-state index contributed by atoms with van der Waals surface area (Å²) in [5.41, 5.74) is 2.22. The molecule has 0 radical (unpaired) electrons. The largest absolute Gasteiger partial charge is 0.344 e. The van der Waals surface area contributed by atoms with Crippen LogP contribution in [0.1, 0.15) is 11.1 Å². The van der Waals surface area contributed by atoms with Crippen molar-refractivity contribution in [1.82, 2.24) is 4.90 Å². The second kappa shape index (κ2) is 4.45. The monoisotopic (exact) mass is 175 g/mol. The number of hydrogen-bond acceptors (Lipinski definition) is 1. The van der Waals surface area contributed by atoms with Crippen LogP contribution in [0.2, 0.25) is 0 Å². The predicted molar refractivity (Wildman–Crippen MR) is 54.1 cm³/mol. The first-order valence-corrected chi connectivity index (χ1v) is 4.13. The van der Waals surface area contributed by atoms with Crippen LogP contribution in [0.5, 0.6) is 0 Å². The molecule has 0 N–H and O–H groups in total. The standard InChI is InChI=1S/C11H13NO/c1-3-10-4-6-11(7-5-10)8-12(2)9-13/h3-7,9H,1,8H2,2H3. The Morgan fingerprint density at radius 1 is 1.38 bits per heavy atom. The highest BCUT2D eigenvalue weighted by atomic mass is 16.1. The van der Waals surface area contributed by atoms with E-state index in [1.54, 1.807) is 18.0 Å². The number of nitrogens with zero attached hydrogens (tertiary/aromatic N) is 1. The zero-order valence-corrected chi connectivity index (χ0v) is 7.73. The van der Waals surface area contributed by atoms with Gasteiger partial charge < -0.3 is 4.90 Å². The average Bonchev–Trinajstić information content (AvgIpc) is 2.19. The second-order valence-corrected chi connectivity index (χ2v) is 2.97. The minimum atomic E-state index is 0.654. The molecule has 1 rings (SSSR count). The first kappa shape index (κ1) is 9.52. The van der Waals surface area contributed by atoms with Gasteiger partial charge in [0.2, 0.25) is 6.41 Å². The molecule has 1 amide bonds. The third kappa shape index (κ3) is 2.75. The topological polar surface area (TPSA) is 20.3 Å². The molecule has 0 unspecified atom stereocenters. The summed E-state index contributed by atoms with van der Waals surface area (Å²) < 4.78 is 0. The third-order valence-corrected chi connectivity index (χ3v) is 1.83. The SMILES string of the molecule is C=Cc1ccc(CN(C)C=O)cc1. The van der Waals surface area contributed by atoms with Crippen LogP contribution in [0.15, 0.2) is 30.8 Å². The molecule has 2 heteroatoms. The molecule has 0 heterocycles. The van der Waals surface area contributed by atoms with Crippen molar-refractivity contribution in [3.8, 4) is 0 Å². The molecule has 0 fully saturated rings. The molecule has 0 aliphatic carbocycles. The fourth-order valence-electron chi connectivity index (χ4n) is 1.08. The normalized spacial score (nSPS) is 9.31. The maximum atomic E-state index is 10.3. The van der Waals surface area contributed by atoms with Crippen molar-refractivity contribution in [1.29, 1.82) is 0 Å². The lowest BCUT2D eigenvalue weighted by atomic mass is 10.1. The molecule has 2 nitrogen and oxygen atoms in total. The van der Waals surface area contributed by atoms with Crippen LogP contribution in [0.4, 0.5) is 0 Å². The molecule has 0 aliphatic heterocycles. The predicted octanol–water partition coefficient (Wildman–Crippen LogP) is 1.92. The minimum Gasteiger partial charge on any atom is -0.344 e. The van der Waals surface area contributed by atoms with Crippen LogP contribution >= 0.6 is 0 Å². The first-order chi connectivity index (χ1) is 6.26. The quantitative estimate of drug-likeness (QED) is 0.640. The lowest BCUT2D eigenvalue weighted by Gasteiger charge is -2.09. The Bertz CT molecular complexity index is 289. The summed E-state index contributed by atoms with van der Waals surface area (Å²) in [6.07, 6.45) is 2.62. The molecule has 1 aromatic carbocycles. The van der Waals surface area contributed by atoms with Crippen LogP contribution in [0.25, 0.3) is 6.08 Å². The van der Waals surface area contributed by atoms with Crippen LogP contribution in [-0.2, 0) is 11.3 Å². The van der Waals surface area contributed by atoms with Crippen LogP contribution < -0.4 is 0 Å². The summed E-state index contributed by atoms with van der Waals surface area (Å²) in [4.78, 5) is 11.9. The van der Waals surface area contributed by atoms with Gasteiger partial charge in [-0.2, -0.15) is 0 Å². The van der Waals surface area contributed by atoms with Gasteiger partial charge in [0.25, 0.3) is 0 Å². The summed E-state index contributed by atoms with van der Waals surface area (Å²) in [7, 11) is 1.76. The van der Waals surface area contributed by atoms with E-state index in [4.69, 9.17) is 0 Å². The summed E-state index contributed by atoms with van der Waals surface area (Å²) in [6, 6.07) is 7.97. The molecule has 0 saturated carbocycles. The maximum Gasteiger partial charge on any atom is 0.209 e. The van der Waals surface area contributed by atoms with Gasteiger partial charge in [-0.15, -0.1) is 0 Å². The van der Waals surface area contributed by atoms with Gasteiger partial charge >= 0.3 is 0 Å². The molecule has 1 aromatic rings. The molecule has 0 bridgehead atoms. The minimum absolute atomic E-state index is 0.654. The van der Waals surface area contributed by atoms with Crippen molar-refractivity contribution >= 4 is 12.5 Å². The van der Waals surface area contributed by atoms with E-state index in [1.807, 2.05) is 24.3 Å². The highest BCUT2D eigenvalue weighted by Crippen LogP contribution is 2.06. The van der Waals surface area contributed by atoms with Crippen molar-refractivity contribution in [2.24, 2.45) is 0 Å². The fourth-order valence-corrected chi connectivity index (χ4v) is 1.08. The molecular formula is C11H13NO. The smallest absolute Gasteiger partial charge is 0.209 e. The molecule has 13 heavy (non-hydrogen) atoms. The molecule has 0 spiro atoms. The highest BCUT2D eigenvalue weighted by molar-refractivity contribution is 5.49. The van der Waals surface area contributed by atoms with Crippen molar-refractivity contribution in [3.05, 3.63) is 42.0 Å². The van der Waals surface area contributed by atoms with E-state index in [1.165, 1.54) is 0 Å². The van der Waals surface area contributed by atoms with Crippen molar-refractivity contribution < 1.29 is 4.79 Å². The maximum absolute atomic E-state index is 10.3. The molecule has 0 aliphatic rings. The molecule has 68 valence electrons. The molecule has 0 saturated heterocycles. The van der Waals surface area contributed by atoms with Crippen molar-refractivity contribution in [2.45, 2.75) is 6.54 Å². The van der Waals surface area contributed by atoms with E-state index in [0.717, 1.165) is 17.5 Å². The third-order valence-electron chi connectivity index (χ3n) is 1.83. The summed E-state index contributed by atoms with van der Waals surface area (Å²) in [5, 5.41) is 0. The van der Waals surface area contributed by atoms with Gasteiger partial charge in [-0.1, -0.05) is 36.9 Å². The van der Waals surface area contributed by atoms with Gasteiger partial charge in [-0.25, -0.2) is 0 Å². The van der Waals surface area contributed by atoms with Crippen LogP contribution in [-0.4, -0.2) is 18.4 Å². The average molecular weight is 175 g/mol. The lowest BCUT2D eigenvalue weighted by molar-refractivity contribution is -0.117. The van der Waals surface area contributed by atoms with E-state index in [2.05, 4.69) is 6.58 Å². The second-order valence-electron chi connectivity index (χ2n) is 2.97. The first-order valence-electron chi connectivity index (χ1n) is 4.13. The van der Waals surface area contributed by atoms with E-state index >= 15 is 0 Å². The number of hydrogen-bond donors (Lipinski definition) is 0. The van der Waals surface area contributed by atoms with Gasteiger partial charge in [0.1, 0.15) is 0 Å². The van der Waals surface area contributed by atoms with E-state index < -0.39 is 0 Å². The Kier molecular flexibility index (Phi) is 3.26. The van der Waals surface area contributed by atoms with Crippen LogP contribution in [0.3, 0.4) is 0 Å². The van der Waals surface area contributed by atoms with Crippen molar-refractivity contribution in [3.63, 3.8) is 0 Å². The Morgan fingerprint density at radius 3 is 2.46 bits per heavy atom. The fraction of sp³-hybridized carbons (Fsp3) is 0.182. The lowest BCUT2D eigenvalue weighted by Crippen LogP contribution is -2.14. The Balaban J connectivity index is 2.69. The zero-order chi connectivity index (χ0) is 9.68. The van der Waals surface area contributed by atoms with Crippen molar-refractivity contribution in [2.75, 3.05) is 7.05 Å². The highest BCUT2D eigenvalue weighted by Gasteiger charge is 1.95. The molecule has 0 aromatic heterocycles. The Labute approximate surface area is 78.5 Å². The van der Waals surface area contributed by atoms with E-state index in [9.17, 15) is 4.79 Å². The summed E-state index contributed by atoms with van der Waals surface area (Å²) in [5.74, 6) is 0. The van der Waals surface area contributed by atoms with Gasteiger partial charge in [-0.05, 0) is 11.1 Å². The summed E-state index contributed by atoms with van der Waals surface area (Å²) in [6.45, 7) is 4.32. The van der Waals surface area contributed by atoms with Crippen LogP contribution in [0, 0.1) is 0 Å². The Hall–Kier alpha value is -1.57.